The predicted molar refractivity (Wildman–Crippen MR) is 129 cm³/mol. The molecule has 0 fully saturated rings. The molecule has 1 aromatic heterocycles. The molecule has 0 unspecified atom stereocenters. The van der Waals surface area contributed by atoms with Crippen molar-refractivity contribution in [2.75, 3.05) is 23.1 Å². The van der Waals surface area contributed by atoms with Gasteiger partial charge >= 0.3 is 0 Å². The number of halogens is 1. The molecule has 4 aromatic rings. The first kappa shape index (κ1) is 21.1. The number of carbonyl (C=O) groups is 1. The zero-order chi connectivity index (χ0) is 22.5. The summed E-state index contributed by atoms with van der Waals surface area (Å²) >= 11 is 6.33. The van der Waals surface area contributed by atoms with Crippen molar-refractivity contribution in [1.82, 2.24) is 9.97 Å². The van der Waals surface area contributed by atoms with E-state index in [2.05, 4.69) is 38.6 Å². The number of methoxy groups -OCH3 is 1. The maximum Gasteiger partial charge on any atom is 0.247 e. The van der Waals surface area contributed by atoms with Crippen molar-refractivity contribution in [3.05, 3.63) is 84.5 Å². The van der Waals surface area contributed by atoms with Crippen LogP contribution in [-0.2, 0) is 4.79 Å². The van der Waals surface area contributed by atoms with Crippen LogP contribution < -0.4 is 20.7 Å². The lowest BCUT2D eigenvalue weighted by atomic mass is 10.1. The molecule has 0 saturated heterocycles. The van der Waals surface area contributed by atoms with E-state index in [1.54, 1.807) is 25.3 Å². The number of hydrogen-bond donors (Lipinski definition) is 3. The number of anilines is 5. The number of rotatable bonds is 7. The highest BCUT2D eigenvalue weighted by atomic mass is 35.5. The Labute approximate surface area is 190 Å². The van der Waals surface area contributed by atoms with Crippen LogP contribution in [0.15, 0.2) is 79.5 Å². The number of benzene rings is 3. The van der Waals surface area contributed by atoms with E-state index in [0.717, 1.165) is 16.5 Å². The smallest absolute Gasteiger partial charge is 0.247 e. The lowest BCUT2D eigenvalue weighted by molar-refractivity contribution is -0.111. The van der Waals surface area contributed by atoms with Crippen molar-refractivity contribution in [3.63, 3.8) is 0 Å². The fourth-order valence-corrected chi connectivity index (χ4v) is 3.25. The third-order valence-electron chi connectivity index (χ3n) is 4.66. The molecular weight excluding hydrogens is 426 g/mol. The summed E-state index contributed by atoms with van der Waals surface area (Å²) in [4.78, 5) is 20.4. The summed E-state index contributed by atoms with van der Waals surface area (Å²) < 4.78 is 5.40. The number of carbonyl (C=O) groups excluding carboxylic acids is 1. The molecule has 0 aliphatic rings. The topological polar surface area (TPSA) is 88.2 Å². The molecule has 1 heterocycles. The fraction of sp³-hybridized carbons (Fsp3) is 0.0417. The SMILES string of the molecule is C=CC(=O)Nc1ccc(OC)c(Nc2ncc(Cl)c(Nc3ccc4ccccc4c3)n2)c1. The van der Waals surface area contributed by atoms with Gasteiger partial charge in [-0.1, -0.05) is 48.5 Å². The first-order chi connectivity index (χ1) is 15.6. The summed E-state index contributed by atoms with van der Waals surface area (Å²) in [5.74, 6) is 1.01. The van der Waals surface area contributed by atoms with Gasteiger partial charge in [-0.05, 0) is 47.2 Å². The van der Waals surface area contributed by atoms with Crippen molar-refractivity contribution in [1.29, 1.82) is 0 Å². The molecule has 3 N–H and O–H groups in total. The van der Waals surface area contributed by atoms with E-state index in [9.17, 15) is 4.79 Å². The van der Waals surface area contributed by atoms with E-state index in [-0.39, 0.29) is 5.91 Å². The first-order valence-corrected chi connectivity index (χ1v) is 10.1. The summed E-state index contributed by atoms with van der Waals surface area (Å²) in [5, 5.41) is 11.7. The molecule has 0 atom stereocenters. The second kappa shape index (κ2) is 9.36. The molecule has 32 heavy (non-hydrogen) atoms. The highest BCUT2D eigenvalue weighted by Gasteiger charge is 2.11. The molecule has 0 aliphatic heterocycles. The van der Waals surface area contributed by atoms with Crippen molar-refractivity contribution in [2.45, 2.75) is 0 Å². The third-order valence-corrected chi connectivity index (χ3v) is 4.93. The number of ether oxygens (including phenoxy) is 1. The van der Waals surface area contributed by atoms with Gasteiger partial charge in [0.1, 0.15) is 10.8 Å². The molecule has 0 spiro atoms. The van der Waals surface area contributed by atoms with Gasteiger partial charge in [0.25, 0.3) is 0 Å². The van der Waals surface area contributed by atoms with Crippen LogP contribution in [0.2, 0.25) is 5.02 Å². The number of hydrogen-bond acceptors (Lipinski definition) is 6. The summed E-state index contributed by atoms with van der Waals surface area (Å²) in [7, 11) is 1.55. The van der Waals surface area contributed by atoms with Gasteiger partial charge in [-0.25, -0.2) is 4.98 Å². The number of nitrogens with zero attached hydrogens (tertiary/aromatic N) is 2. The Morgan fingerprint density at radius 3 is 2.59 bits per heavy atom. The molecular formula is C24H20ClN5O2. The highest BCUT2D eigenvalue weighted by Crippen LogP contribution is 2.31. The minimum absolute atomic E-state index is 0.309. The van der Waals surface area contributed by atoms with E-state index in [0.29, 0.717) is 33.9 Å². The minimum Gasteiger partial charge on any atom is -0.495 e. The average Bonchev–Trinajstić information content (AvgIpc) is 2.81. The molecule has 0 saturated carbocycles. The monoisotopic (exact) mass is 445 g/mol. The Morgan fingerprint density at radius 2 is 1.81 bits per heavy atom. The Bertz CT molecular complexity index is 1310. The second-order valence-electron chi connectivity index (χ2n) is 6.81. The van der Waals surface area contributed by atoms with E-state index in [1.807, 2.05) is 36.4 Å². The Hall–Kier alpha value is -4.10. The van der Waals surface area contributed by atoms with Gasteiger partial charge in [0, 0.05) is 11.4 Å². The van der Waals surface area contributed by atoms with Gasteiger partial charge in [0.2, 0.25) is 11.9 Å². The standard InChI is InChI=1S/C24H20ClN5O2/c1-3-22(31)27-18-10-11-21(32-2)20(13-18)29-24-26-14-19(25)23(30-24)28-17-9-8-15-6-4-5-7-16(15)12-17/h3-14H,1H2,2H3,(H,27,31)(H2,26,28,29,30). The summed E-state index contributed by atoms with van der Waals surface area (Å²) in [5.41, 5.74) is 2.00. The van der Waals surface area contributed by atoms with Crippen LogP contribution in [0.1, 0.15) is 0 Å². The molecule has 0 radical (unpaired) electrons. The van der Waals surface area contributed by atoms with Gasteiger partial charge < -0.3 is 20.7 Å². The summed E-state index contributed by atoms with van der Waals surface area (Å²) in [6, 6.07) is 19.3. The van der Waals surface area contributed by atoms with Crippen LogP contribution in [0, 0.1) is 0 Å². The normalized spacial score (nSPS) is 10.4. The molecule has 1 amide bonds. The minimum atomic E-state index is -0.314. The number of aromatic nitrogens is 2. The van der Waals surface area contributed by atoms with Gasteiger partial charge in [-0.2, -0.15) is 4.98 Å². The van der Waals surface area contributed by atoms with Crippen molar-refractivity contribution in [2.24, 2.45) is 0 Å². The predicted octanol–water partition coefficient (Wildman–Crippen LogP) is 5.90. The zero-order valence-electron chi connectivity index (χ0n) is 17.2. The van der Waals surface area contributed by atoms with E-state index in [4.69, 9.17) is 16.3 Å². The molecule has 0 bridgehead atoms. The van der Waals surface area contributed by atoms with E-state index < -0.39 is 0 Å². The summed E-state index contributed by atoms with van der Waals surface area (Å²) in [6.07, 6.45) is 2.71. The van der Waals surface area contributed by atoms with Gasteiger partial charge in [-0.15, -0.1) is 0 Å². The van der Waals surface area contributed by atoms with Crippen LogP contribution in [0.4, 0.5) is 28.8 Å². The van der Waals surface area contributed by atoms with Crippen LogP contribution in [0.3, 0.4) is 0 Å². The number of nitrogens with one attached hydrogen (secondary N) is 3. The molecule has 7 nitrogen and oxygen atoms in total. The highest BCUT2D eigenvalue weighted by molar-refractivity contribution is 6.32. The van der Waals surface area contributed by atoms with Gasteiger partial charge in [-0.3, -0.25) is 4.79 Å². The van der Waals surface area contributed by atoms with Crippen molar-refractivity contribution < 1.29 is 9.53 Å². The van der Waals surface area contributed by atoms with Crippen LogP contribution in [0.25, 0.3) is 10.8 Å². The lowest BCUT2D eigenvalue weighted by Gasteiger charge is -2.14. The first-order valence-electron chi connectivity index (χ1n) is 9.72. The molecule has 3 aromatic carbocycles. The number of amides is 1. The van der Waals surface area contributed by atoms with Crippen LogP contribution in [-0.4, -0.2) is 23.0 Å². The zero-order valence-corrected chi connectivity index (χ0v) is 18.0. The fourth-order valence-electron chi connectivity index (χ4n) is 3.12. The lowest BCUT2D eigenvalue weighted by Crippen LogP contribution is -2.08. The number of fused-ring (bicyclic) bond motifs is 1. The van der Waals surface area contributed by atoms with E-state index >= 15 is 0 Å². The van der Waals surface area contributed by atoms with Crippen molar-refractivity contribution in [3.8, 4) is 5.75 Å². The Kier molecular flexibility index (Phi) is 6.19. The Morgan fingerprint density at radius 1 is 1.03 bits per heavy atom. The second-order valence-corrected chi connectivity index (χ2v) is 7.22. The van der Waals surface area contributed by atoms with Crippen LogP contribution in [0.5, 0.6) is 5.75 Å². The Balaban J connectivity index is 1.60. The maximum atomic E-state index is 11.6. The molecule has 0 aliphatic carbocycles. The van der Waals surface area contributed by atoms with Crippen LogP contribution >= 0.6 is 11.6 Å². The largest absolute Gasteiger partial charge is 0.495 e. The third kappa shape index (κ3) is 4.79. The van der Waals surface area contributed by atoms with Gasteiger partial charge in [0.05, 0.1) is 19.0 Å². The molecule has 8 heteroatoms. The maximum absolute atomic E-state index is 11.6. The van der Waals surface area contributed by atoms with Gasteiger partial charge in [0.15, 0.2) is 5.82 Å². The average molecular weight is 446 g/mol. The van der Waals surface area contributed by atoms with Crippen molar-refractivity contribution >= 4 is 57.1 Å². The molecule has 160 valence electrons. The molecule has 4 rings (SSSR count). The summed E-state index contributed by atoms with van der Waals surface area (Å²) in [6.45, 7) is 3.46. The van der Waals surface area contributed by atoms with E-state index in [1.165, 1.54) is 12.3 Å². The quantitative estimate of drug-likeness (QED) is 0.307.